The second-order valence-electron chi connectivity index (χ2n) is 18.9. The first-order chi connectivity index (χ1) is 19.2. The van der Waals surface area contributed by atoms with E-state index in [0.29, 0.717) is 34.9 Å². The number of hydrogen-bond acceptors (Lipinski definition) is 3. The lowest BCUT2D eigenvalue weighted by molar-refractivity contribution is -0.0923. The van der Waals surface area contributed by atoms with Crippen molar-refractivity contribution in [1.29, 1.82) is 0 Å². The van der Waals surface area contributed by atoms with Crippen LogP contribution in [0.15, 0.2) is 11.6 Å². The Morgan fingerprint density at radius 3 is 2.07 bits per heavy atom. The van der Waals surface area contributed by atoms with Gasteiger partial charge in [0, 0.05) is 12.7 Å². The maximum atomic E-state index is 7.19. The average Bonchev–Trinajstić information content (AvgIpc) is 3.18. The Morgan fingerprint density at radius 2 is 1.45 bits per heavy atom. The maximum absolute atomic E-state index is 7.19. The van der Waals surface area contributed by atoms with Gasteiger partial charge < -0.3 is 13.3 Å². The van der Waals surface area contributed by atoms with Crippen LogP contribution in [0.1, 0.15) is 91.9 Å². The van der Waals surface area contributed by atoms with Gasteiger partial charge in [0.2, 0.25) is 0 Å². The third kappa shape index (κ3) is 8.15. The summed E-state index contributed by atoms with van der Waals surface area (Å²) >= 11 is 0. The minimum atomic E-state index is -1.69. The molecule has 42 heavy (non-hydrogen) atoms. The molecule has 4 rings (SSSR count). The second-order valence-corrected chi connectivity index (χ2v) is 32.3. The van der Waals surface area contributed by atoms with Gasteiger partial charge in [-0.2, -0.15) is 0 Å². The van der Waals surface area contributed by atoms with E-state index in [-0.39, 0.29) is 0 Å². The van der Waals surface area contributed by atoms with Crippen LogP contribution in [0.3, 0.4) is 0 Å². The Labute approximate surface area is 265 Å². The minimum Gasteiger partial charge on any atom is -0.417 e. The SMILES string of the molecule is CC(CCC[C@@H](C)[C@H]1CCC2C3C(CC[C@@]21C)[C@@]1(C)CC[C@H](O[Si](C)(C)C)CC1=C[C@@H]3O[Si](C)(C)C)CO[Si](C)(C)C. The first-order valence-corrected chi connectivity index (χ1v) is 28.1. The molecule has 0 spiro atoms. The topological polar surface area (TPSA) is 27.7 Å². The summed E-state index contributed by atoms with van der Waals surface area (Å²) in [6.45, 7) is 32.5. The standard InChI is InChI=1S/C36H70O3Si3/c1-26(25-37-40(5,6)7)15-14-16-27(2)30-17-18-31-34-32(20-22-36(30,31)4)35(3)21-19-29(38-41(8,9)10)23-28(35)24-33(34)39-42(11,12)13/h24,26-27,29-34H,14-23,25H2,1-13H3/t26?,27-,29+,30-,31?,32?,33+,34?,35+,36-/m1/s1. The van der Waals surface area contributed by atoms with Crippen molar-refractivity contribution < 1.29 is 13.3 Å². The Hall–Kier alpha value is 0.271. The van der Waals surface area contributed by atoms with Crippen LogP contribution in [-0.4, -0.2) is 43.8 Å². The Bertz CT molecular complexity index is 946. The van der Waals surface area contributed by atoms with Gasteiger partial charge in [-0.05, 0) is 157 Å². The summed E-state index contributed by atoms with van der Waals surface area (Å²) in [5, 5.41) is 0. The van der Waals surface area contributed by atoms with Gasteiger partial charge in [0.05, 0.1) is 6.10 Å². The van der Waals surface area contributed by atoms with E-state index in [1.165, 1.54) is 57.8 Å². The van der Waals surface area contributed by atoms with Gasteiger partial charge in [0.1, 0.15) is 0 Å². The molecule has 0 N–H and O–H groups in total. The molecule has 244 valence electrons. The molecule has 0 radical (unpaired) electrons. The molecule has 3 saturated carbocycles. The minimum absolute atomic E-state index is 0.307. The fraction of sp³-hybridized carbons (Fsp3) is 0.944. The lowest BCUT2D eigenvalue weighted by Crippen LogP contribution is -2.57. The average molecular weight is 635 g/mol. The van der Waals surface area contributed by atoms with Crippen LogP contribution < -0.4 is 0 Å². The van der Waals surface area contributed by atoms with Crippen molar-refractivity contribution in [3.05, 3.63) is 11.6 Å². The molecule has 3 fully saturated rings. The molecule has 0 saturated heterocycles. The van der Waals surface area contributed by atoms with Crippen molar-refractivity contribution >= 4 is 25.0 Å². The summed E-state index contributed by atoms with van der Waals surface area (Å²) in [7, 11) is -4.65. The summed E-state index contributed by atoms with van der Waals surface area (Å²) < 4.78 is 20.1. The smallest absolute Gasteiger partial charge is 0.184 e. The molecule has 0 aliphatic heterocycles. The van der Waals surface area contributed by atoms with Crippen molar-refractivity contribution in [2.24, 2.45) is 46.3 Å². The van der Waals surface area contributed by atoms with Crippen LogP contribution in [0.5, 0.6) is 0 Å². The highest BCUT2D eigenvalue weighted by Gasteiger charge is 2.61. The van der Waals surface area contributed by atoms with Crippen molar-refractivity contribution in [3.8, 4) is 0 Å². The third-order valence-corrected chi connectivity index (χ3v) is 15.0. The van der Waals surface area contributed by atoms with E-state index in [4.69, 9.17) is 13.3 Å². The van der Waals surface area contributed by atoms with E-state index >= 15 is 0 Å². The van der Waals surface area contributed by atoms with E-state index in [1.54, 1.807) is 5.57 Å². The fourth-order valence-corrected chi connectivity index (χ4v) is 13.2. The third-order valence-electron chi connectivity index (χ3n) is 12.0. The summed E-state index contributed by atoms with van der Waals surface area (Å²) in [6, 6.07) is 0. The normalized spacial score (nSPS) is 38.7. The molecule has 6 heteroatoms. The van der Waals surface area contributed by atoms with E-state index in [2.05, 4.69) is 92.7 Å². The Morgan fingerprint density at radius 1 is 0.786 bits per heavy atom. The molecule has 0 aromatic rings. The highest BCUT2D eigenvalue weighted by atomic mass is 28.4. The lowest BCUT2D eigenvalue weighted by Gasteiger charge is -2.61. The first kappa shape index (κ1) is 35.1. The molecule has 3 nitrogen and oxygen atoms in total. The van der Waals surface area contributed by atoms with E-state index in [1.807, 2.05) is 0 Å². The summed E-state index contributed by atoms with van der Waals surface area (Å²) in [5.41, 5.74) is 2.50. The molecule has 0 bridgehead atoms. The quantitative estimate of drug-likeness (QED) is 0.158. The zero-order chi connectivity index (χ0) is 31.3. The zero-order valence-corrected chi connectivity index (χ0v) is 33.2. The van der Waals surface area contributed by atoms with Gasteiger partial charge in [0.25, 0.3) is 0 Å². The zero-order valence-electron chi connectivity index (χ0n) is 30.2. The molecule has 0 aromatic heterocycles. The number of hydrogen-bond donors (Lipinski definition) is 0. The van der Waals surface area contributed by atoms with Gasteiger partial charge in [-0.3, -0.25) is 0 Å². The largest absolute Gasteiger partial charge is 0.417 e. The molecular formula is C36H70O3Si3. The van der Waals surface area contributed by atoms with Crippen molar-refractivity contribution in [2.75, 3.05) is 6.61 Å². The van der Waals surface area contributed by atoms with Gasteiger partial charge in [0.15, 0.2) is 25.0 Å². The highest BCUT2D eigenvalue weighted by Crippen LogP contribution is 2.68. The van der Waals surface area contributed by atoms with Gasteiger partial charge in [-0.15, -0.1) is 0 Å². The van der Waals surface area contributed by atoms with Crippen molar-refractivity contribution in [3.63, 3.8) is 0 Å². The van der Waals surface area contributed by atoms with Crippen molar-refractivity contribution in [1.82, 2.24) is 0 Å². The predicted molar refractivity (Wildman–Crippen MR) is 188 cm³/mol. The van der Waals surface area contributed by atoms with Crippen molar-refractivity contribution in [2.45, 2.75) is 163 Å². The second kappa shape index (κ2) is 12.8. The van der Waals surface area contributed by atoms with E-state index < -0.39 is 25.0 Å². The lowest BCUT2D eigenvalue weighted by atomic mass is 9.46. The van der Waals surface area contributed by atoms with Crippen LogP contribution in [0.2, 0.25) is 58.9 Å². The fourth-order valence-electron chi connectivity index (χ4n) is 10.2. The monoisotopic (exact) mass is 634 g/mol. The molecule has 0 aromatic carbocycles. The summed E-state index contributed by atoms with van der Waals surface area (Å²) in [5.74, 6) is 4.63. The van der Waals surface area contributed by atoms with Crippen LogP contribution in [0.4, 0.5) is 0 Å². The summed E-state index contributed by atoms with van der Waals surface area (Å²) in [6.07, 6.45) is 16.8. The molecular weight excluding hydrogens is 565 g/mol. The molecule has 4 aliphatic carbocycles. The highest BCUT2D eigenvalue weighted by molar-refractivity contribution is 6.70. The van der Waals surface area contributed by atoms with Gasteiger partial charge >= 0.3 is 0 Å². The van der Waals surface area contributed by atoms with Crippen LogP contribution >= 0.6 is 0 Å². The molecule has 10 atom stereocenters. The Balaban J connectivity index is 1.50. The first-order valence-electron chi connectivity index (χ1n) is 17.9. The van der Waals surface area contributed by atoms with Crippen LogP contribution in [0.25, 0.3) is 0 Å². The van der Waals surface area contributed by atoms with Gasteiger partial charge in [-0.25, -0.2) is 0 Å². The van der Waals surface area contributed by atoms with Crippen LogP contribution in [-0.2, 0) is 13.3 Å². The number of rotatable bonds is 12. The maximum Gasteiger partial charge on any atom is 0.184 e. The Kier molecular flexibility index (Phi) is 10.7. The molecule has 0 heterocycles. The summed E-state index contributed by atoms with van der Waals surface area (Å²) in [4.78, 5) is 0. The number of fused-ring (bicyclic) bond motifs is 5. The van der Waals surface area contributed by atoms with E-state index in [0.717, 1.165) is 36.7 Å². The molecule has 4 aliphatic rings. The van der Waals surface area contributed by atoms with Crippen LogP contribution in [0, 0.1) is 46.3 Å². The molecule has 0 amide bonds. The van der Waals surface area contributed by atoms with E-state index in [9.17, 15) is 0 Å². The molecule has 4 unspecified atom stereocenters. The van der Waals surface area contributed by atoms with Gasteiger partial charge in [-0.1, -0.05) is 52.2 Å². The predicted octanol–water partition coefficient (Wildman–Crippen LogP) is 10.9.